The van der Waals surface area contributed by atoms with Gasteiger partial charge in [-0.3, -0.25) is 0 Å². The second-order valence-electron chi connectivity index (χ2n) is 3.58. The second kappa shape index (κ2) is 11.3. The van der Waals surface area contributed by atoms with Crippen molar-refractivity contribution in [1.29, 1.82) is 0 Å². The van der Waals surface area contributed by atoms with Gasteiger partial charge < -0.3 is 40.8 Å². The van der Waals surface area contributed by atoms with Crippen molar-refractivity contribution >= 4 is 15.6 Å². The van der Waals surface area contributed by atoms with Gasteiger partial charge in [0.2, 0.25) is 0 Å². The number of hydrogen-bond acceptors (Lipinski definition) is 4. The molecule has 0 spiro atoms. The van der Waals surface area contributed by atoms with E-state index in [0.29, 0.717) is 6.54 Å². The molecule has 0 aliphatic carbocycles. The molecule has 12 heteroatoms. The molecule has 0 radical (unpaired) electrons. The van der Waals surface area contributed by atoms with E-state index in [0.717, 1.165) is 12.8 Å². The van der Waals surface area contributed by atoms with Crippen LogP contribution >= 0.6 is 15.6 Å². The highest BCUT2D eigenvalue weighted by molar-refractivity contribution is 7.45. The molecule has 0 aliphatic heterocycles. The van der Waals surface area contributed by atoms with Gasteiger partial charge in [0.1, 0.15) is 0 Å². The van der Waals surface area contributed by atoms with Crippen molar-refractivity contribution in [3.05, 3.63) is 25.3 Å². The van der Waals surface area contributed by atoms with Crippen LogP contribution in [0, 0.1) is 0 Å². The Morgan fingerprint density at radius 2 is 1.10 bits per heavy atom. The largest absolute Gasteiger partial charge is 0.466 e. The van der Waals surface area contributed by atoms with Crippen LogP contribution in [0.3, 0.4) is 0 Å². The summed E-state index contributed by atoms with van der Waals surface area (Å²) < 4.78 is 17.8. The Hall–Kier alpha value is -0.380. The lowest BCUT2D eigenvalue weighted by atomic mass is 9.93. The van der Waals surface area contributed by atoms with Crippen LogP contribution in [0.25, 0.3) is 0 Å². The maximum Gasteiger partial charge on any atom is 0.466 e. The van der Waals surface area contributed by atoms with E-state index in [4.69, 9.17) is 50.0 Å². The molecule has 0 unspecified atom stereocenters. The van der Waals surface area contributed by atoms with Gasteiger partial charge in [-0.1, -0.05) is 12.2 Å². The summed E-state index contributed by atoms with van der Waals surface area (Å²) >= 11 is 0. The van der Waals surface area contributed by atoms with Gasteiger partial charge in [0.05, 0.1) is 0 Å². The lowest BCUT2D eigenvalue weighted by Crippen LogP contribution is -2.46. The van der Waals surface area contributed by atoms with E-state index >= 15 is 0 Å². The van der Waals surface area contributed by atoms with E-state index in [-0.39, 0.29) is 5.54 Å². The minimum Gasteiger partial charge on any atom is -0.329 e. The summed E-state index contributed by atoms with van der Waals surface area (Å²) in [7, 11) is -9.28. The van der Waals surface area contributed by atoms with Crippen LogP contribution in [0.15, 0.2) is 25.3 Å². The van der Waals surface area contributed by atoms with Crippen LogP contribution in [0.5, 0.6) is 0 Å². The quantitative estimate of drug-likeness (QED) is 0.225. The van der Waals surface area contributed by atoms with Gasteiger partial charge in [-0.05, 0) is 12.8 Å². The second-order valence-corrected chi connectivity index (χ2v) is 5.63. The van der Waals surface area contributed by atoms with E-state index < -0.39 is 15.6 Å². The van der Waals surface area contributed by atoms with E-state index in [1.165, 1.54) is 0 Å². The number of phosphoric acid groups is 2. The van der Waals surface area contributed by atoms with E-state index in [1.807, 2.05) is 0 Å². The molecule has 0 saturated heterocycles. The minimum absolute atomic E-state index is 0.316. The topological polar surface area (TPSA) is 208 Å². The molecule has 0 aliphatic rings. The maximum absolute atomic E-state index is 8.88. The first-order valence-corrected chi connectivity index (χ1v) is 8.09. The summed E-state index contributed by atoms with van der Waals surface area (Å²) in [5.74, 6) is 0. The molecule has 10 N–H and O–H groups in total. The summed E-state index contributed by atoms with van der Waals surface area (Å²) in [6.07, 6.45) is 5.07. The minimum atomic E-state index is -4.64. The van der Waals surface area contributed by atoms with Gasteiger partial charge in [-0.2, -0.15) is 0 Å². The van der Waals surface area contributed by atoms with Crippen molar-refractivity contribution in [2.75, 3.05) is 6.54 Å². The fraction of sp³-hybridized carbons (Fsp3) is 0.500. The Balaban J connectivity index is -0.000000244. The van der Waals surface area contributed by atoms with E-state index in [1.54, 1.807) is 12.2 Å². The highest BCUT2D eigenvalue weighted by Gasteiger charge is 2.18. The monoisotopic (exact) mass is 336 g/mol. The highest BCUT2D eigenvalue weighted by Crippen LogP contribution is 2.26. The van der Waals surface area contributed by atoms with Gasteiger partial charge in [-0.25, -0.2) is 9.13 Å². The molecule has 122 valence electrons. The van der Waals surface area contributed by atoms with Crippen molar-refractivity contribution in [2.24, 2.45) is 11.5 Å². The molecular formula is C8H22N2O8P2. The molecule has 0 atom stereocenters. The normalized spacial score (nSPS) is 11.4. The fourth-order valence-corrected chi connectivity index (χ4v) is 0.825. The van der Waals surface area contributed by atoms with E-state index in [2.05, 4.69) is 13.2 Å². The Bertz CT molecular complexity index is 317. The Morgan fingerprint density at radius 3 is 1.20 bits per heavy atom. The lowest BCUT2D eigenvalue weighted by molar-refractivity contribution is 0.272. The molecular weight excluding hydrogens is 314 g/mol. The first-order chi connectivity index (χ1) is 8.68. The van der Waals surface area contributed by atoms with Crippen LogP contribution in [0.1, 0.15) is 12.8 Å². The first-order valence-electron chi connectivity index (χ1n) is 4.96. The van der Waals surface area contributed by atoms with Gasteiger partial charge >= 0.3 is 15.6 Å². The predicted octanol–water partition coefficient (Wildman–Crippen LogP) is -1.06. The molecule has 0 aromatic rings. The summed E-state index contributed by atoms with van der Waals surface area (Å²) in [6.45, 7) is 7.69. The molecule has 10 nitrogen and oxygen atoms in total. The molecule has 0 saturated carbocycles. The van der Waals surface area contributed by atoms with Gasteiger partial charge in [0, 0.05) is 12.1 Å². The number of rotatable bonds is 5. The highest BCUT2D eigenvalue weighted by atomic mass is 31.2. The van der Waals surface area contributed by atoms with E-state index in [9.17, 15) is 0 Å². The van der Waals surface area contributed by atoms with Gasteiger partial charge in [0.15, 0.2) is 0 Å². The van der Waals surface area contributed by atoms with Gasteiger partial charge in [0.25, 0.3) is 0 Å². The Kier molecular flexibility index (Phi) is 13.9. The molecule has 20 heavy (non-hydrogen) atoms. The van der Waals surface area contributed by atoms with Crippen LogP contribution in [0.4, 0.5) is 0 Å². The zero-order valence-electron chi connectivity index (χ0n) is 10.7. The van der Waals surface area contributed by atoms with Gasteiger partial charge in [-0.15, -0.1) is 13.2 Å². The third-order valence-electron chi connectivity index (χ3n) is 1.51. The molecule has 0 aromatic carbocycles. The average molecular weight is 336 g/mol. The standard InChI is InChI=1S/C8H16N2.2H3O4P/c1-3-5-8(10,7-9)6-4-2;2*1-5(2,3)4/h3-4H,1-2,5-7,9-10H2;2*(H3,1,2,3,4). The molecule has 0 heterocycles. The zero-order valence-corrected chi connectivity index (χ0v) is 12.5. The van der Waals surface area contributed by atoms with Crippen molar-refractivity contribution < 1.29 is 38.5 Å². The van der Waals surface area contributed by atoms with Crippen molar-refractivity contribution in [3.63, 3.8) is 0 Å². The summed E-state index contributed by atoms with van der Waals surface area (Å²) in [5.41, 5.74) is 11.0. The first kappa shape index (κ1) is 24.6. The summed E-state index contributed by atoms with van der Waals surface area (Å²) in [6, 6.07) is 0. The molecule has 0 bridgehead atoms. The van der Waals surface area contributed by atoms with Crippen molar-refractivity contribution in [1.82, 2.24) is 0 Å². The summed E-state index contributed by atoms with van der Waals surface area (Å²) in [4.78, 5) is 43.1. The molecule has 0 rings (SSSR count). The zero-order chi connectivity index (χ0) is 17.0. The number of hydrogen-bond donors (Lipinski definition) is 8. The number of nitrogens with two attached hydrogens (primary N) is 2. The molecule has 0 aromatic heterocycles. The third-order valence-corrected chi connectivity index (χ3v) is 1.51. The Labute approximate surface area is 116 Å². The Morgan fingerprint density at radius 1 is 0.900 bits per heavy atom. The average Bonchev–Trinajstić information content (AvgIpc) is 2.13. The van der Waals surface area contributed by atoms with Crippen LogP contribution < -0.4 is 11.5 Å². The SMILES string of the molecule is C=CCC(N)(CN)CC=C.O=P(O)(O)O.O=P(O)(O)O. The smallest absolute Gasteiger partial charge is 0.329 e. The van der Waals surface area contributed by atoms with Crippen LogP contribution in [-0.2, 0) is 9.13 Å². The molecule has 0 fully saturated rings. The summed E-state index contributed by atoms with van der Waals surface area (Å²) in [5, 5.41) is 0. The lowest BCUT2D eigenvalue weighted by Gasteiger charge is -2.24. The van der Waals surface area contributed by atoms with Crippen molar-refractivity contribution in [3.8, 4) is 0 Å². The maximum atomic E-state index is 8.88. The van der Waals surface area contributed by atoms with Crippen LogP contribution in [0.2, 0.25) is 0 Å². The van der Waals surface area contributed by atoms with Crippen molar-refractivity contribution in [2.45, 2.75) is 18.4 Å². The fourth-order valence-electron chi connectivity index (χ4n) is 0.825. The predicted molar refractivity (Wildman–Crippen MR) is 74.1 cm³/mol. The third kappa shape index (κ3) is 43.2. The van der Waals surface area contributed by atoms with Crippen LogP contribution in [-0.4, -0.2) is 41.4 Å². The molecule has 0 amide bonds.